The predicted octanol–water partition coefficient (Wildman–Crippen LogP) is 9.98. The van der Waals surface area contributed by atoms with Crippen LogP contribution in [0.5, 0.6) is 17.2 Å². The molecule has 0 atom stereocenters. The van der Waals surface area contributed by atoms with Gasteiger partial charge in [-0.25, -0.2) is 4.79 Å². The van der Waals surface area contributed by atoms with Crippen molar-refractivity contribution in [2.45, 2.75) is 72.1 Å². The maximum Gasteiger partial charge on any atom is 0.333 e. The van der Waals surface area contributed by atoms with Gasteiger partial charge >= 0.3 is 5.97 Å². The molecule has 0 aromatic heterocycles. The second kappa shape index (κ2) is 30.4. The fourth-order valence-corrected chi connectivity index (χ4v) is 5.19. The third kappa shape index (κ3) is 22.0. The van der Waals surface area contributed by atoms with Crippen molar-refractivity contribution in [1.29, 1.82) is 0 Å². The summed E-state index contributed by atoms with van der Waals surface area (Å²) in [5, 5.41) is 8.77. The van der Waals surface area contributed by atoms with Crippen LogP contribution in [0.4, 0.5) is 11.4 Å². The first-order valence-electron chi connectivity index (χ1n) is 20.3. The lowest BCUT2D eigenvalue weighted by Gasteiger charge is -2.14. The van der Waals surface area contributed by atoms with Gasteiger partial charge in [-0.3, -0.25) is 0 Å². The Hall–Kier alpha value is -4.73. The highest BCUT2D eigenvalue weighted by Crippen LogP contribution is 2.28. The van der Waals surface area contributed by atoms with Gasteiger partial charge in [0.15, 0.2) is 11.5 Å². The van der Waals surface area contributed by atoms with E-state index in [9.17, 15) is 4.79 Å². The third-order valence-corrected chi connectivity index (χ3v) is 8.29. The molecular weight excluding hydrogens is 725 g/mol. The van der Waals surface area contributed by atoms with E-state index in [0.717, 1.165) is 60.4 Å². The van der Waals surface area contributed by atoms with Crippen molar-refractivity contribution in [3.05, 3.63) is 90.0 Å². The van der Waals surface area contributed by atoms with Crippen LogP contribution >= 0.6 is 0 Å². The van der Waals surface area contributed by atoms with E-state index in [0.29, 0.717) is 96.4 Å². The number of carbonyl (C=O) groups is 1. The van der Waals surface area contributed by atoms with E-state index in [4.69, 9.17) is 37.9 Å². The molecular formula is C46H62N2O9. The Bertz CT molecular complexity index is 1630. The van der Waals surface area contributed by atoms with E-state index in [2.05, 4.69) is 28.6 Å². The number of ether oxygens (including phenoxy) is 8. The Morgan fingerprint density at radius 2 is 1.00 bits per heavy atom. The maximum absolute atomic E-state index is 11.4. The number of hydrogen-bond acceptors (Lipinski definition) is 11. The van der Waals surface area contributed by atoms with Crippen LogP contribution in [0, 0.1) is 11.8 Å². The van der Waals surface area contributed by atoms with Crippen LogP contribution in [0.3, 0.4) is 0 Å². The van der Waals surface area contributed by atoms with Gasteiger partial charge in [0.25, 0.3) is 0 Å². The summed E-state index contributed by atoms with van der Waals surface area (Å²) in [4.78, 5) is 11.4. The summed E-state index contributed by atoms with van der Waals surface area (Å²) < 4.78 is 44.8. The largest absolute Gasteiger partial charge is 0.494 e. The number of hydrogen-bond donors (Lipinski definition) is 0. The first-order valence-corrected chi connectivity index (χ1v) is 20.3. The first-order chi connectivity index (χ1) is 28.0. The highest BCUT2D eigenvalue weighted by molar-refractivity contribution is 5.86. The van der Waals surface area contributed by atoms with E-state index >= 15 is 0 Å². The van der Waals surface area contributed by atoms with Gasteiger partial charge in [-0.2, -0.15) is 10.2 Å². The minimum absolute atomic E-state index is 0.298. The molecule has 57 heavy (non-hydrogen) atoms. The number of benzene rings is 3. The fourth-order valence-electron chi connectivity index (χ4n) is 5.19. The summed E-state index contributed by atoms with van der Waals surface area (Å²) in [6, 6.07) is 20.9. The van der Waals surface area contributed by atoms with Gasteiger partial charge < -0.3 is 37.9 Å². The smallest absolute Gasteiger partial charge is 0.333 e. The van der Waals surface area contributed by atoms with E-state index in [1.165, 1.54) is 19.3 Å². The number of carbonyl (C=O) groups excluding carboxylic acids is 1. The normalized spacial score (nSPS) is 10.9. The van der Waals surface area contributed by atoms with Crippen LogP contribution in [-0.2, 0) is 28.5 Å². The predicted molar refractivity (Wildman–Crippen MR) is 223 cm³/mol. The molecule has 0 aliphatic carbocycles. The summed E-state index contributed by atoms with van der Waals surface area (Å²) >= 11 is 0. The molecule has 0 aliphatic heterocycles. The zero-order valence-electron chi connectivity index (χ0n) is 34.3. The molecule has 0 fully saturated rings. The van der Waals surface area contributed by atoms with Crippen LogP contribution < -0.4 is 14.2 Å². The fraction of sp³-hybridized carbons (Fsp3) is 0.500. The Morgan fingerprint density at radius 1 is 0.526 bits per heavy atom. The molecule has 0 bridgehead atoms. The van der Waals surface area contributed by atoms with Gasteiger partial charge in [-0.15, -0.1) is 0 Å². The molecule has 0 aliphatic rings. The lowest BCUT2D eigenvalue weighted by atomic mass is 10.1. The van der Waals surface area contributed by atoms with Crippen molar-refractivity contribution in [1.82, 2.24) is 0 Å². The van der Waals surface area contributed by atoms with E-state index in [1.54, 1.807) is 6.92 Å². The zero-order valence-corrected chi connectivity index (χ0v) is 34.3. The Balaban J connectivity index is 1.39. The van der Waals surface area contributed by atoms with E-state index in [-0.39, 0.29) is 5.97 Å². The van der Waals surface area contributed by atoms with Gasteiger partial charge in [-0.05, 0) is 100 Å². The molecule has 3 rings (SSSR count). The van der Waals surface area contributed by atoms with Crippen LogP contribution in [0.2, 0.25) is 0 Å². The number of nitrogens with zero attached hydrogens (tertiary/aromatic N) is 2. The second-order valence-corrected chi connectivity index (χ2v) is 13.1. The Labute approximate surface area is 340 Å². The van der Waals surface area contributed by atoms with Crippen molar-refractivity contribution in [2.75, 3.05) is 79.3 Å². The molecule has 0 unspecified atom stereocenters. The molecule has 3 aromatic rings. The molecule has 0 radical (unpaired) electrons. The lowest BCUT2D eigenvalue weighted by molar-refractivity contribution is -0.139. The standard InChI is InChI=1S/C46H62N2O9/c1-5-50-29-31-52-33-35-55-44-26-19-40(37-45(44)56-36-34-53-32-30-51-6-2)16-15-39-17-20-41(21-18-39)47-48-42-22-24-43(25-23-42)54-27-13-11-9-7-8-10-12-14-28-57-46(49)38(3)4/h17-26,37H,3,5-14,27-36H2,1-2,4H3. The Kier molecular flexibility index (Phi) is 24.9. The molecule has 310 valence electrons. The molecule has 0 heterocycles. The van der Waals surface area contributed by atoms with Crippen molar-refractivity contribution >= 4 is 17.3 Å². The third-order valence-electron chi connectivity index (χ3n) is 8.29. The van der Waals surface area contributed by atoms with Gasteiger partial charge in [0.05, 0.1) is 64.2 Å². The van der Waals surface area contributed by atoms with Gasteiger partial charge in [0.2, 0.25) is 0 Å². The topological polar surface area (TPSA) is 116 Å². The van der Waals surface area contributed by atoms with Gasteiger partial charge in [0, 0.05) is 29.9 Å². The number of rotatable bonds is 31. The van der Waals surface area contributed by atoms with E-state index in [1.807, 2.05) is 80.6 Å². The monoisotopic (exact) mass is 786 g/mol. The molecule has 0 spiro atoms. The summed E-state index contributed by atoms with van der Waals surface area (Å²) in [6.45, 7) is 15.4. The van der Waals surface area contributed by atoms with Crippen LogP contribution in [-0.4, -0.2) is 85.3 Å². The highest BCUT2D eigenvalue weighted by Gasteiger charge is 2.08. The van der Waals surface area contributed by atoms with Crippen molar-refractivity contribution in [3.8, 4) is 29.1 Å². The summed E-state index contributed by atoms with van der Waals surface area (Å²) in [5.74, 6) is 8.17. The molecule has 0 saturated carbocycles. The SMILES string of the molecule is C=C(C)C(=O)OCCCCCCCCCCOc1ccc(N=Nc2ccc(C#Cc3ccc(OCCOCCOCC)c(OCCOCCOCC)c3)cc2)cc1. The molecule has 0 N–H and O–H groups in total. The van der Waals surface area contributed by atoms with Crippen molar-refractivity contribution in [3.63, 3.8) is 0 Å². The maximum atomic E-state index is 11.4. The molecule has 11 nitrogen and oxygen atoms in total. The van der Waals surface area contributed by atoms with E-state index < -0.39 is 0 Å². The Morgan fingerprint density at radius 3 is 1.58 bits per heavy atom. The summed E-state index contributed by atoms with van der Waals surface area (Å²) in [5.41, 5.74) is 3.57. The number of unbranched alkanes of at least 4 members (excludes halogenated alkanes) is 7. The average molecular weight is 787 g/mol. The van der Waals surface area contributed by atoms with Crippen LogP contribution in [0.15, 0.2) is 89.1 Å². The van der Waals surface area contributed by atoms with Crippen LogP contribution in [0.1, 0.15) is 83.3 Å². The first kappa shape index (κ1) is 46.7. The summed E-state index contributed by atoms with van der Waals surface area (Å²) in [6.07, 6.45) is 8.93. The summed E-state index contributed by atoms with van der Waals surface area (Å²) in [7, 11) is 0. The number of azo groups is 1. The van der Waals surface area contributed by atoms with Crippen molar-refractivity contribution in [2.24, 2.45) is 10.2 Å². The minimum Gasteiger partial charge on any atom is -0.494 e. The van der Waals surface area contributed by atoms with Gasteiger partial charge in [-0.1, -0.05) is 56.9 Å². The average Bonchev–Trinajstić information content (AvgIpc) is 3.23. The number of esters is 1. The zero-order chi connectivity index (χ0) is 40.6. The second-order valence-electron chi connectivity index (χ2n) is 13.1. The van der Waals surface area contributed by atoms with Crippen molar-refractivity contribution < 1.29 is 42.7 Å². The molecule has 11 heteroatoms. The highest BCUT2D eigenvalue weighted by atomic mass is 16.6. The molecule has 3 aromatic carbocycles. The van der Waals surface area contributed by atoms with Gasteiger partial charge in [0.1, 0.15) is 19.0 Å². The minimum atomic E-state index is -0.298. The van der Waals surface area contributed by atoms with Crippen LogP contribution in [0.25, 0.3) is 0 Å². The molecule has 0 saturated heterocycles. The quantitative estimate of drug-likeness (QED) is 0.0207. The molecule has 0 amide bonds. The lowest BCUT2D eigenvalue weighted by Crippen LogP contribution is -2.13.